The first-order valence-corrected chi connectivity index (χ1v) is 8.44. The van der Waals surface area contributed by atoms with E-state index in [4.69, 9.17) is 5.26 Å². The van der Waals surface area contributed by atoms with Gasteiger partial charge in [-0.1, -0.05) is 6.07 Å². The van der Waals surface area contributed by atoms with Gasteiger partial charge in [-0.2, -0.15) is 5.26 Å². The molecule has 2 aromatic heterocycles. The minimum atomic E-state index is -1.23. The Morgan fingerprint density at radius 1 is 1.27 bits per heavy atom. The summed E-state index contributed by atoms with van der Waals surface area (Å²) in [7, 11) is -1.23. The summed E-state index contributed by atoms with van der Waals surface area (Å²) >= 11 is 0. The van der Waals surface area contributed by atoms with Crippen LogP contribution in [0.3, 0.4) is 0 Å². The van der Waals surface area contributed by atoms with E-state index in [2.05, 4.69) is 15.0 Å². The zero-order valence-electron chi connectivity index (χ0n) is 11.8. The van der Waals surface area contributed by atoms with E-state index in [1.54, 1.807) is 18.2 Å². The minimum Gasteiger partial charge on any atom is -0.310 e. The maximum atomic E-state index is 12.2. The quantitative estimate of drug-likeness (QED) is 0.898. The van der Waals surface area contributed by atoms with Gasteiger partial charge in [0.15, 0.2) is 0 Å². The lowest BCUT2D eigenvalue weighted by atomic mass is 10.3. The molecule has 112 valence electrons. The van der Waals surface area contributed by atoms with Gasteiger partial charge in [0.05, 0.1) is 22.9 Å². The fourth-order valence-electron chi connectivity index (χ4n) is 2.16. The fourth-order valence-corrected chi connectivity index (χ4v) is 3.23. The van der Waals surface area contributed by atoms with Gasteiger partial charge in [-0.3, -0.25) is 9.00 Å². The first-order chi connectivity index (χ1) is 10.6. The lowest BCUT2D eigenvalue weighted by molar-refractivity contribution is 0.680. The van der Waals surface area contributed by atoms with Gasteiger partial charge in [-0.15, -0.1) is 0 Å². The van der Waals surface area contributed by atoms with E-state index in [1.165, 1.54) is 6.07 Å². The van der Waals surface area contributed by atoms with Crippen molar-refractivity contribution in [1.29, 1.82) is 5.26 Å². The van der Waals surface area contributed by atoms with E-state index in [-0.39, 0.29) is 17.1 Å². The van der Waals surface area contributed by atoms with Crippen molar-refractivity contribution in [3.05, 3.63) is 57.5 Å². The van der Waals surface area contributed by atoms with E-state index in [0.29, 0.717) is 28.8 Å². The van der Waals surface area contributed by atoms with Gasteiger partial charge in [0.1, 0.15) is 17.6 Å². The molecule has 1 fully saturated rings. The average Bonchev–Trinajstić information content (AvgIpc) is 3.31. The van der Waals surface area contributed by atoms with E-state index < -0.39 is 10.8 Å². The van der Waals surface area contributed by atoms with Gasteiger partial charge in [0, 0.05) is 22.8 Å². The second kappa shape index (κ2) is 6.20. The smallest absolute Gasteiger partial charge is 0.251 e. The van der Waals surface area contributed by atoms with Crippen LogP contribution in [0.5, 0.6) is 0 Å². The maximum absolute atomic E-state index is 12.2. The molecule has 2 heterocycles. The standard InChI is InChI=1S/C15H14N4O2S/c16-7-11-2-1-3-12(17-11)8-22(21)9-13-6-14(20)19-15(18-13)10-4-5-10/h1-3,6,10H,4-5,8-9H2,(H,18,19,20). The lowest BCUT2D eigenvalue weighted by Gasteiger charge is -2.04. The van der Waals surface area contributed by atoms with Crippen LogP contribution in [0.1, 0.15) is 41.7 Å². The number of aromatic nitrogens is 3. The van der Waals surface area contributed by atoms with Crippen LogP contribution >= 0.6 is 0 Å². The van der Waals surface area contributed by atoms with Crippen molar-refractivity contribution >= 4 is 10.8 Å². The van der Waals surface area contributed by atoms with Crippen molar-refractivity contribution < 1.29 is 4.21 Å². The molecule has 1 atom stereocenters. The number of hydrogen-bond donors (Lipinski definition) is 1. The zero-order valence-corrected chi connectivity index (χ0v) is 12.6. The topological polar surface area (TPSA) is 99.5 Å². The molecule has 0 aliphatic heterocycles. The lowest BCUT2D eigenvalue weighted by Crippen LogP contribution is -2.14. The van der Waals surface area contributed by atoms with Crippen molar-refractivity contribution in [1.82, 2.24) is 15.0 Å². The highest BCUT2D eigenvalue weighted by atomic mass is 32.2. The molecule has 1 N–H and O–H groups in total. The number of nitriles is 1. The zero-order chi connectivity index (χ0) is 15.5. The second-order valence-electron chi connectivity index (χ2n) is 5.25. The van der Waals surface area contributed by atoms with E-state index in [0.717, 1.165) is 12.8 Å². The van der Waals surface area contributed by atoms with E-state index >= 15 is 0 Å². The summed E-state index contributed by atoms with van der Waals surface area (Å²) in [6.45, 7) is 0. The number of rotatable bonds is 5. The summed E-state index contributed by atoms with van der Waals surface area (Å²) in [6.07, 6.45) is 2.08. The maximum Gasteiger partial charge on any atom is 0.251 e. The van der Waals surface area contributed by atoms with Crippen molar-refractivity contribution in [3.63, 3.8) is 0 Å². The molecule has 0 spiro atoms. The van der Waals surface area contributed by atoms with Gasteiger partial charge in [0.2, 0.25) is 0 Å². The van der Waals surface area contributed by atoms with E-state index in [9.17, 15) is 9.00 Å². The predicted octanol–water partition coefficient (Wildman–Crippen LogP) is 1.36. The minimum absolute atomic E-state index is 0.200. The number of nitrogens with one attached hydrogen (secondary N) is 1. The average molecular weight is 314 g/mol. The van der Waals surface area contributed by atoms with Crippen LogP contribution in [0.25, 0.3) is 0 Å². The fraction of sp³-hybridized carbons (Fsp3) is 0.333. The van der Waals surface area contributed by atoms with Crippen LogP contribution in [0, 0.1) is 11.3 Å². The van der Waals surface area contributed by atoms with Gasteiger partial charge in [-0.25, -0.2) is 9.97 Å². The van der Waals surface area contributed by atoms with Gasteiger partial charge < -0.3 is 4.98 Å². The molecule has 1 aliphatic carbocycles. The Bertz CT molecular complexity index is 821. The molecule has 1 saturated carbocycles. The summed E-state index contributed by atoms with van der Waals surface area (Å²) in [5, 5.41) is 8.81. The summed E-state index contributed by atoms with van der Waals surface area (Å²) in [5.74, 6) is 1.49. The second-order valence-corrected chi connectivity index (χ2v) is 6.71. The Labute approximate surface area is 129 Å². The molecular weight excluding hydrogens is 300 g/mol. The largest absolute Gasteiger partial charge is 0.310 e. The third kappa shape index (κ3) is 3.65. The molecule has 2 aromatic rings. The Kier molecular flexibility index (Phi) is 4.11. The molecule has 3 rings (SSSR count). The normalized spacial score (nSPS) is 15.2. The third-order valence-corrected chi connectivity index (χ3v) is 4.55. The summed E-state index contributed by atoms with van der Waals surface area (Å²) < 4.78 is 12.2. The number of aromatic amines is 1. The van der Waals surface area contributed by atoms with Crippen molar-refractivity contribution in [3.8, 4) is 6.07 Å². The van der Waals surface area contributed by atoms with Gasteiger partial charge in [0.25, 0.3) is 5.56 Å². The van der Waals surface area contributed by atoms with Crippen molar-refractivity contribution in [2.24, 2.45) is 0 Å². The SMILES string of the molecule is N#Cc1cccc(CS(=O)Cc2cc(=O)[nH]c(C3CC3)n2)n1. The number of H-pyrrole nitrogens is 1. The Hall–Kier alpha value is -2.33. The molecule has 1 aliphatic rings. The van der Waals surface area contributed by atoms with Crippen LogP contribution in [0.2, 0.25) is 0 Å². The number of pyridine rings is 1. The Morgan fingerprint density at radius 2 is 2.05 bits per heavy atom. The molecule has 0 amide bonds. The highest BCUT2D eigenvalue weighted by Crippen LogP contribution is 2.37. The number of hydrogen-bond acceptors (Lipinski definition) is 5. The summed E-state index contributed by atoms with van der Waals surface area (Å²) in [5.41, 5.74) is 1.25. The molecule has 6 nitrogen and oxygen atoms in total. The monoisotopic (exact) mass is 314 g/mol. The number of nitrogens with zero attached hydrogens (tertiary/aromatic N) is 3. The van der Waals surface area contributed by atoms with E-state index in [1.807, 2.05) is 6.07 Å². The molecule has 0 aromatic carbocycles. The molecule has 0 bridgehead atoms. The van der Waals surface area contributed by atoms with Crippen molar-refractivity contribution in [2.75, 3.05) is 0 Å². The molecule has 0 radical (unpaired) electrons. The highest BCUT2D eigenvalue weighted by molar-refractivity contribution is 7.83. The molecular formula is C15H14N4O2S. The first-order valence-electron chi connectivity index (χ1n) is 6.95. The van der Waals surface area contributed by atoms with Crippen LogP contribution in [0.4, 0.5) is 0 Å². The van der Waals surface area contributed by atoms with Gasteiger partial charge in [-0.05, 0) is 25.0 Å². The Balaban J connectivity index is 1.71. The highest BCUT2D eigenvalue weighted by Gasteiger charge is 2.26. The van der Waals surface area contributed by atoms with Crippen molar-refractivity contribution in [2.45, 2.75) is 30.3 Å². The predicted molar refractivity (Wildman–Crippen MR) is 81.3 cm³/mol. The molecule has 0 saturated heterocycles. The Morgan fingerprint density at radius 3 is 2.77 bits per heavy atom. The van der Waals surface area contributed by atoms with Crippen LogP contribution in [-0.4, -0.2) is 19.2 Å². The van der Waals surface area contributed by atoms with Crippen LogP contribution in [0.15, 0.2) is 29.1 Å². The summed E-state index contributed by atoms with van der Waals surface area (Å²) in [6, 6.07) is 8.41. The molecule has 1 unspecified atom stereocenters. The van der Waals surface area contributed by atoms with Crippen LogP contribution < -0.4 is 5.56 Å². The van der Waals surface area contributed by atoms with Crippen LogP contribution in [-0.2, 0) is 22.3 Å². The molecule has 22 heavy (non-hydrogen) atoms. The first kappa shape index (κ1) is 14.6. The third-order valence-electron chi connectivity index (χ3n) is 3.32. The van der Waals surface area contributed by atoms with Gasteiger partial charge >= 0.3 is 0 Å². The molecule has 7 heteroatoms. The summed E-state index contributed by atoms with van der Waals surface area (Å²) in [4.78, 5) is 22.9.